The van der Waals surface area contributed by atoms with Gasteiger partial charge in [-0.1, -0.05) is 30.3 Å². The van der Waals surface area contributed by atoms with Crippen molar-refractivity contribution >= 4 is 22.4 Å². The summed E-state index contributed by atoms with van der Waals surface area (Å²) in [5, 5.41) is 4.44. The van der Waals surface area contributed by atoms with Crippen LogP contribution in [0.4, 0.5) is 11.4 Å². The number of pyridine rings is 1. The average Bonchev–Trinajstić information content (AvgIpc) is 2.80. The quantitative estimate of drug-likeness (QED) is 0.370. The number of nitrogens with zero attached hydrogens (tertiary/aromatic N) is 4. The Morgan fingerprint density at radius 3 is 2.44 bits per heavy atom. The highest BCUT2D eigenvalue weighted by atomic mass is 15.0. The number of hydrogen-bond donors (Lipinski definition) is 1. The van der Waals surface area contributed by atoms with Crippen molar-refractivity contribution in [3.8, 4) is 17.1 Å². The van der Waals surface area contributed by atoms with Crippen LogP contribution in [0.1, 0.15) is 19.5 Å². The molecule has 5 rings (SSSR count). The van der Waals surface area contributed by atoms with E-state index >= 15 is 0 Å². The maximum Gasteiger partial charge on any atom is 0.0900 e. The zero-order valence-corrected chi connectivity index (χ0v) is 18.4. The number of fused-ring (bicyclic) bond motifs is 2. The second-order valence-corrected chi connectivity index (χ2v) is 8.11. The van der Waals surface area contributed by atoms with Crippen LogP contribution in [0.25, 0.3) is 28.1 Å². The third-order valence-electron chi connectivity index (χ3n) is 5.39. The van der Waals surface area contributed by atoms with Crippen LogP contribution in [0.2, 0.25) is 0 Å². The second-order valence-electron chi connectivity index (χ2n) is 8.11. The highest BCUT2D eigenvalue weighted by molar-refractivity contribution is 5.84. The summed E-state index contributed by atoms with van der Waals surface area (Å²) in [7, 11) is 0. The lowest BCUT2D eigenvalue weighted by molar-refractivity contribution is 0.806. The van der Waals surface area contributed by atoms with Gasteiger partial charge in [-0.05, 0) is 69.3 Å². The van der Waals surface area contributed by atoms with Gasteiger partial charge in [-0.15, -0.1) is 0 Å². The minimum atomic E-state index is 0.154. The molecule has 5 heteroatoms. The largest absolute Gasteiger partial charge is 0.352 e. The van der Waals surface area contributed by atoms with Crippen LogP contribution in [0.3, 0.4) is 0 Å². The molecule has 0 radical (unpaired) electrons. The fourth-order valence-electron chi connectivity index (χ4n) is 3.94. The predicted molar refractivity (Wildman–Crippen MR) is 131 cm³/mol. The smallest absolute Gasteiger partial charge is 0.0900 e. The Hall–Kier alpha value is -3.99. The third kappa shape index (κ3) is 3.73. The monoisotopic (exact) mass is 419 g/mol. The van der Waals surface area contributed by atoms with E-state index in [2.05, 4.69) is 83.3 Å². The molecule has 1 N–H and O–H groups in total. The minimum Gasteiger partial charge on any atom is -0.352 e. The molecule has 1 aliphatic heterocycles. The Labute approximate surface area is 187 Å². The van der Waals surface area contributed by atoms with Crippen LogP contribution in [0.15, 0.2) is 90.1 Å². The van der Waals surface area contributed by atoms with E-state index < -0.39 is 0 Å². The third-order valence-corrected chi connectivity index (χ3v) is 5.39. The first kappa shape index (κ1) is 19.9. The van der Waals surface area contributed by atoms with Crippen LogP contribution in [-0.2, 0) is 0 Å². The van der Waals surface area contributed by atoms with Crippen LogP contribution >= 0.6 is 0 Å². The number of nitrogens with one attached hydrogen (secondary N) is 1. The highest BCUT2D eigenvalue weighted by Gasteiger charge is 2.16. The lowest BCUT2D eigenvalue weighted by atomic mass is 10.1. The van der Waals surface area contributed by atoms with Crippen molar-refractivity contribution in [3.63, 3.8) is 0 Å². The second kappa shape index (κ2) is 8.27. The molecule has 5 nitrogen and oxygen atoms in total. The first-order valence-corrected chi connectivity index (χ1v) is 10.8. The van der Waals surface area contributed by atoms with Crippen LogP contribution in [0, 0.1) is 6.92 Å². The summed E-state index contributed by atoms with van der Waals surface area (Å²) >= 11 is 0. The molecule has 3 aromatic rings. The van der Waals surface area contributed by atoms with Gasteiger partial charge >= 0.3 is 0 Å². The summed E-state index contributed by atoms with van der Waals surface area (Å²) in [5.74, 6) is 0. The molecule has 0 spiro atoms. The lowest BCUT2D eigenvalue weighted by Gasteiger charge is -2.20. The molecule has 0 fully saturated rings. The lowest BCUT2D eigenvalue weighted by Crippen LogP contribution is -2.16. The van der Waals surface area contributed by atoms with E-state index in [-0.39, 0.29) is 6.04 Å². The molecule has 0 saturated heterocycles. The van der Waals surface area contributed by atoms with Crippen LogP contribution in [0.5, 0.6) is 0 Å². The minimum absolute atomic E-state index is 0.154. The molecule has 2 aliphatic rings. The van der Waals surface area contributed by atoms with Gasteiger partial charge in [-0.2, -0.15) is 0 Å². The summed E-state index contributed by atoms with van der Waals surface area (Å²) < 4.78 is 2.26. The van der Waals surface area contributed by atoms with Crippen molar-refractivity contribution in [1.29, 1.82) is 0 Å². The van der Waals surface area contributed by atoms with Gasteiger partial charge < -0.3 is 9.88 Å². The van der Waals surface area contributed by atoms with E-state index in [0.29, 0.717) is 0 Å². The number of para-hydroxylation sites is 3. The van der Waals surface area contributed by atoms with Crippen LogP contribution < -0.4 is 10.7 Å². The molecule has 0 bridgehead atoms. The van der Waals surface area contributed by atoms with Gasteiger partial charge in [0.15, 0.2) is 0 Å². The summed E-state index contributed by atoms with van der Waals surface area (Å²) in [4.78, 5) is 14.3. The van der Waals surface area contributed by atoms with Gasteiger partial charge in [0.05, 0.1) is 44.8 Å². The predicted octanol–water partition coefficient (Wildman–Crippen LogP) is 5.89. The van der Waals surface area contributed by atoms with E-state index in [9.17, 15) is 0 Å². The topological polar surface area (TPSA) is 55.1 Å². The van der Waals surface area contributed by atoms with E-state index in [0.717, 1.165) is 50.5 Å². The average molecular weight is 420 g/mol. The van der Waals surface area contributed by atoms with Gasteiger partial charge in [-0.3, -0.25) is 9.98 Å². The Balaban J connectivity index is 1.83. The zero-order valence-electron chi connectivity index (χ0n) is 18.4. The Kier molecular flexibility index (Phi) is 5.15. The summed E-state index contributed by atoms with van der Waals surface area (Å²) in [5.41, 5.74) is 7.84. The Morgan fingerprint density at radius 2 is 1.66 bits per heavy atom. The van der Waals surface area contributed by atoms with Crippen molar-refractivity contribution < 1.29 is 0 Å². The summed E-state index contributed by atoms with van der Waals surface area (Å²) in [6.07, 6.45) is 1.80. The maximum atomic E-state index is 4.99. The standard InChI is InChI=1S/C27H25N5/c1-18(2)29-24-17-27-25(16-23(24)30-21-13-9-15-28-19(21)3)31-22-12-7-8-14-26(22)32(27)20-10-5-4-6-11-20/h4-18,30H,1-3H3/b29-24+. The zero-order chi connectivity index (χ0) is 22.1. The fourth-order valence-corrected chi connectivity index (χ4v) is 3.94. The van der Waals surface area contributed by atoms with Gasteiger partial charge in [-0.25, -0.2) is 4.98 Å². The molecule has 1 aliphatic carbocycles. The first-order valence-electron chi connectivity index (χ1n) is 10.8. The summed E-state index contributed by atoms with van der Waals surface area (Å²) in [6.45, 7) is 6.18. The van der Waals surface area contributed by atoms with Crippen molar-refractivity contribution in [1.82, 2.24) is 14.5 Å². The molecule has 1 aromatic heterocycles. The van der Waals surface area contributed by atoms with E-state index in [4.69, 9.17) is 9.98 Å². The molecule has 0 atom stereocenters. The van der Waals surface area contributed by atoms with Crippen molar-refractivity contribution in [2.75, 3.05) is 5.32 Å². The molecule has 2 heterocycles. The van der Waals surface area contributed by atoms with Gasteiger partial charge in [0.25, 0.3) is 0 Å². The Bertz CT molecular complexity index is 1430. The first-order chi connectivity index (χ1) is 15.6. The number of anilines is 2. The van der Waals surface area contributed by atoms with Crippen molar-refractivity contribution in [2.24, 2.45) is 4.99 Å². The number of rotatable bonds is 4. The number of aromatic nitrogens is 3. The highest BCUT2D eigenvalue weighted by Crippen LogP contribution is 2.30. The SMILES string of the molecule is Cc1ncccc1Nc1cc2nc3ccccc3n(-c3ccccc3)c-2c/c1=N\C(C)C. The fraction of sp³-hybridized carbons (Fsp3) is 0.148. The molecule has 158 valence electrons. The number of aryl methyl sites for hydroxylation is 1. The maximum absolute atomic E-state index is 4.99. The van der Waals surface area contributed by atoms with Crippen molar-refractivity contribution in [3.05, 3.63) is 96.1 Å². The molecule has 0 amide bonds. The van der Waals surface area contributed by atoms with Crippen LogP contribution in [-0.4, -0.2) is 20.6 Å². The number of hydrogen-bond acceptors (Lipinski definition) is 4. The Morgan fingerprint density at radius 1 is 0.875 bits per heavy atom. The molecule has 2 aromatic carbocycles. The van der Waals surface area contributed by atoms with Crippen molar-refractivity contribution in [2.45, 2.75) is 26.8 Å². The molecule has 0 unspecified atom stereocenters. The van der Waals surface area contributed by atoms with E-state index in [1.165, 1.54) is 0 Å². The molecule has 32 heavy (non-hydrogen) atoms. The van der Waals surface area contributed by atoms with Gasteiger partial charge in [0.1, 0.15) is 0 Å². The summed E-state index contributed by atoms with van der Waals surface area (Å²) in [6, 6.07) is 27.0. The normalized spacial score (nSPS) is 12.1. The van der Waals surface area contributed by atoms with Gasteiger partial charge in [0, 0.05) is 17.9 Å². The molecular weight excluding hydrogens is 394 g/mol. The molecular formula is C27H25N5. The number of benzene rings is 3. The van der Waals surface area contributed by atoms with Gasteiger partial charge in [0.2, 0.25) is 0 Å². The van der Waals surface area contributed by atoms with E-state index in [1.807, 2.05) is 31.2 Å². The molecule has 0 saturated carbocycles. The van der Waals surface area contributed by atoms with E-state index in [1.54, 1.807) is 6.20 Å².